The number of benzene rings is 1. The number of imide groups is 1. The number of nitrogens with zero attached hydrogens (tertiary/aromatic N) is 2. The average Bonchev–Trinajstić information content (AvgIpc) is 3.09. The van der Waals surface area contributed by atoms with Crippen LogP contribution in [0.2, 0.25) is 0 Å². The Labute approximate surface area is 201 Å². The van der Waals surface area contributed by atoms with Crippen LogP contribution < -0.4 is 0 Å². The van der Waals surface area contributed by atoms with Crippen molar-refractivity contribution < 1.29 is 28.6 Å². The lowest BCUT2D eigenvalue weighted by Crippen LogP contribution is -2.53. The number of fused-ring (bicyclic) bond motifs is 1. The average molecular weight is 473 g/mol. The number of carbonyl (C=O) groups excluding carboxylic acids is 3. The number of piperidine rings is 1. The first kappa shape index (κ1) is 24.5. The van der Waals surface area contributed by atoms with Gasteiger partial charge in [0, 0.05) is 13.2 Å². The van der Waals surface area contributed by atoms with Crippen molar-refractivity contribution in [3.63, 3.8) is 0 Å². The van der Waals surface area contributed by atoms with Gasteiger partial charge in [0.05, 0.1) is 24.1 Å². The van der Waals surface area contributed by atoms with E-state index in [0.29, 0.717) is 11.8 Å². The van der Waals surface area contributed by atoms with Crippen molar-refractivity contribution in [2.75, 3.05) is 7.11 Å². The molecule has 0 spiro atoms. The van der Waals surface area contributed by atoms with E-state index in [1.165, 1.54) is 4.90 Å². The Bertz CT molecular complexity index is 944. The first-order chi connectivity index (χ1) is 16.0. The number of ether oxygens (including phenoxy) is 3. The molecule has 8 atom stereocenters. The predicted octanol–water partition coefficient (Wildman–Crippen LogP) is 4.39. The smallest absolute Gasteiger partial charge is 0.417 e. The van der Waals surface area contributed by atoms with Gasteiger partial charge in [0.2, 0.25) is 5.91 Å². The Hall–Kier alpha value is -2.61. The van der Waals surface area contributed by atoms with E-state index in [4.69, 9.17) is 14.2 Å². The van der Waals surface area contributed by atoms with E-state index in [1.807, 2.05) is 58.0 Å². The van der Waals surface area contributed by atoms with Gasteiger partial charge in [-0.25, -0.2) is 14.5 Å². The van der Waals surface area contributed by atoms with Crippen molar-refractivity contribution in [1.82, 2.24) is 9.80 Å². The molecule has 34 heavy (non-hydrogen) atoms. The zero-order chi connectivity index (χ0) is 24.9. The topological polar surface area (TPSA) is 85.4 Å². The summed E-state index contributed by atoms with van der Waals surface area (Å²) in [5.74, 6) is -0.249. The summed E-state index contributed by atoms with van der Waals surface area (Å²) in [5, 5.41) is 0. The quantitative estimate of drug-likeness (QED) is 0.632. The van der Waals surface area contributed by atoms with Gasteiger partial charge < -0.3 is 14.2 Å². The molecular weight excluding hydrogens is 436 g/mol. The number of carbonyl (C=O) groups is 3. The lowest BCUT2D eigenvalue weighted by Gasteiger charge is -2.37. The van der Waals surface area contributed by atoms with E-state index in [0.717, 1.165) is 12.0 Å². The summed E-state index contributed by atoms with van der Waals surface area (Å²) >= 11 is 0. The van der Waals surface area contributed by atoms with Gasteiger partial charge in [-0.05, 0) is 51.5 Å². The normalized spacial score (nSPS) is 32.1. The highest BCUT2D eigenvalue weighted by atomic mass is 16.6. The second kappa shape index (κ2) is 8.87. The maximum Gasteiger partial charge on any atom is 0.417 e. The molecule has 3 fully saturated rings. The summed E-state index contributed by atoms with van der Waals surface area (Å²) in [6.45, 7) is 11.2. The zero-order valence-electron chi connectivity index (χ0n) is 21.1. The van der Waals surface area contributed by atoms with Gasteiger partial charge in [-0.1, -0.05) is 44.2 Å². The summed E-state index contributed by atoms with van der Waals surface area (Å²) in [7, 11) is 1.55. The van der Waals surface area contributed by atoms with Gasteiger partial charge in [-0.3, -0.25) is 9.69 Å². The monoisotopic (exact) mass is 472 g/mol. The van der Waals surface area contributed by atoms with E-state index in [1.54, 1.807) is 18.9 Å². The molecule has 0 N–H and O–H groups in total. The number of likely N-dealkylation sites (tertiary alicyclic amines) is 1. The Morgan fingerprint density at radius 2 is 1.79 bits per heavy atom. The fourth-order valence-electron chi connectivity index (χ4n) is 5.71. The Kier molecular flexibility index (Phi) is 6.40. The van der Waals surface area contributed by atoms with Crippen molar-refractivity contribution in [2.24, 2.45) is 17.8 Å². The van der Waals surface area contributed by atoms with E-state index in [2.05, 4.69) is 6.92 Å². The van der Waals surface area contributed by atoms with Crippen LogP contribution in [-0.2, 0) is 19.0 Å². The molecular formula is C26H36N2O6. The number of amides is 3. The molecule has 0 aromatic heterocycles. The second-order valence-corrected chi connectivity index (χ2v) is 10.9. The van der Waals surface area contributed by atoms with Crippen LogP contribution >= 0.6 is 0 Å². The molecule has 1 aliphatic carbocycles. The first-order valence-electron chi connectivity index (χ1n) is 12.1. The Balaban J connectivity index is 1.53. The highest BCUT2D eigenvalue weighted by Gasteiger charge is 2.63. The number of hydrogen-bond acceptors (Lipinski definition) is 6. The third-order valence-electron chi connectivity index (χ3n) is 7.48. The standard InChI is InChI=1S/C26H36N2O6/c1-14-18-13-19(28(20(14)18)25(31)34-26(4,5)6)21(32-7)15(2)23(29)27-16(3)22(33-24(27)30)17-11-9-8-10-12-17/h8-12,14-16,18-22H,13H2,1-7H3/t14-,15+,16+,18+,19-,20-,21+,22+/m0/s1. The highest BCUT2D eigenvalue weighted by Crippen LogP contribution is 2.55. The molecule has 8 heteroatoms. The van der Waals surface area contributed by atoms with Crippen LogP contribution in [0.4, 0.5) is 9.59 Å². The van der Waals surface area contributed by atoms with Gasteiger partial charge in [-0.15, -0.1) is 0 Å². The summed E-state index contributed by atoms with van der Waals surface area (Å²) in [5.41, 5.74) is 0.221. The third-order valence-corrected chi connectivity index (χ3v) is 7.48. The van der Waals surface area contributed by atoms with Crippen molar-refractivity contribution >= 4 is 18.1 Å². The maximum absolute atomic E-state index is 13.6. The summed E-state index contributed by atoms with van der Waals surface area (Å²) in [4.78, 5) is 42.4. The van der Waals surface area contributed by atoms with Gasteiger partial charge in [0.25, 0.3) is 0 Å². The minimum atomic E-state index is -0.655. The van der Waals surface area contributed by atoms with Gasteiger partial charge in [-0.2, -0.15) is 0 Å². The molecule has 0 bridgehead atoms. The molecule has 1 aromatic rings. The number of methoxy groups -OCH3 is 1. The molecule has 3 aliphatic rings. The minimum Gasteiger partial charge on any atom is -0.444 e. The molecule has 1 aromatic carbocycles. The molecule has 186 valence electrons. The van der Waals surface area contributed by atoms with Crippen LogP contribution in [0.5, 0.6) is 0 Å². The van der Waals surface area contributed by atoms with Crippen molar-refractivity contribution in [3.05, 3.63) is 35.9 Å². The molecule has 2 aliphatic heterocycles. The number of cyclic esters (lactones) is 1. The molecule has 0 unspecified atom stereocenters. The van der Waals surface area contributed by atoms with Crippen molar-refractivity contribution in [2.45, 2.75) is 83.9 Å². The number of hydrogen-bond donors (Lipinski definition) is 0. The van der Waals surface area contributed by atoms with E-state index in [-0.39, 0.29) is 24.1 Å². The summed E-state index contributed by atoms with van der Waals surface area (Å²) < 4.78 is 17.1. The van der Waals surface area contributed by atoms with Crippen molar-refractivity contribution in [3.8, 4) is 0 Å². The lowest BCUT2D eigenvalue weighted by atomic mass is 9.92. The van der Waals surface area contributed by atoms with Gasteiger partial charge in [0.1, 0.15) is 11.7 Å². The fourth-order valence-corrected chi connectivity index (χ4v) is 5.71. The highest BCUT2D eigenvalue weighted by molar-refractivity contribution is 5.95. The molecule has 8 nitrogen and oxygen atoms in total. The van der Waals surface area contributed by atoms with Crippen LogP contribution in [0, 0.1) is 17.8 Å². The molecule has 2 saturated heterocycles. The number of rotatable bonds is 5. The Morgan fingerprint density at radius 1 is 1.15 bits per heavy atom. The largest absolute Gasteiger partial charge is 0.444 e. The van der Waals surface area contributed by atoms with Crippen molar-refractivity contribution in [1.29, 1.82) is 0 Å². The lowest BCUT2D eigenvalue weighted by molar-refractivity contribution is -0.139. The van der Waals surface area contributed by atoms with E-state index in [9.17, 15) is 14.4 Å². The predicted molar refractivity (Wildman–Crippen MR) is 125 cm³/mol. The van der Waals surface area contributed by atoms with Gasteiger partial charge >= 0.3 is 12.2 Å². The van der Waals surface area contributed by atoms with Gasteiger partial charge in [0.15, 0.2) is 0 Å². The van der Waals surface area contributed by atoms with Crippen LogP contribution in [0.25, 0.3) is 0 Å². The van der Waals surface area contributed by atoms with Crippen LogP contribution in [0.15, 0.2) is 30.3 Å². The second-order valence-electron chi connectivity index (χ2n) is 10.9. The van der Waals surface area contributed by atoms with E-state index < -0.39 is 35.9 Å². The molecule has 4 rings (SSSR count). The molecule has 2 heterocycles. The third kappa shape index (κ3) is 4.28. The van der Waals surface area contributed by atoms with E-state index >= 15 is 0 Å². The van der Waals surface area contributed by atoms with Crippen LogP contribution in [0.3, 0.4) is 0 Å². The maximum atomic E-state index is 13.6. The molecule has 1 saturated carbocycles. The summed E-state index contributed by atoms with van der Waals surface area (Å²) in [6, 6.07) is 8.75. The van der Waals surface area contributed by atoms with Crippen LogP contribution in [0.1, 0.15) is 59.6 Å². The first-order valence-corrected chi connectivity index (χ1v) is 12.1. The zero-order valence-corrected chi connectivity index (χ0v) is 21.1. The minimum absolute atomic E-state index is 0.0953. The molecule has 3 amide bonds. The van der Waals surface area contributed by atoms with Crippen LogP contribution in [-0.4, -0.2) is 64.8 Å². The molecule has 0 radical (unpaired) electrons. The SMILES string of the molecule is CO[C@H]([C@@H](C)C(=O)N1C(=O)O[C@@H](c2ccccc2)[C@H]1C)[C@@H]1C[C@@H]2[C@H](C)[C@@H]2N1C(=O)OC(C)(C)C. The fraction of sp³-hybridized carbons (Fsp3) is 0.654. The summed E-state index contributed by atoms with van der Waals surface area (Å²) in [6.07, 6.45) is -1.39. The Morgan fingerprint density at radius 3 is 2.38 bits per heavy atom.